The molecular formula is C20H22BrN3O3. The number of benzene rings is 1. The van der Waals surface area contributed by atoms with Crippen molar-refractivity contribution in [1.82, 2.24) is 14.8 Å². The largest absolute Gasteiger partial charge is 0.493 e. The molecule has 0 aliphatic heterocycles. The van der Waals surface area contributed by atoms with E-state index in [-0.39, 0.29) is 5.56 Å². The van der Waals surface area contributed by atoms with Crippen LogP contribution in [-0.2, 0) is 6.54 Å². The third-order valence-corrected chi connectivity index (χ3v) is 5.19. The van der Waals surface area contributed by atoms with Crippen molar-refractivity contribution >= 4 is 32.9 Å². The molecule has 0 radical (unpaired) electrons. The van der Waals surface area contributed by atoms with Gasteiger partial charge >= 0.3 is 5.97 Å². The molecule has 0 saturated carbocycles. The number of hydrogen-bond acceptors (Lipinski definition) is 4. The number of carboxylic acids is 1. The zero-order chi connectivity index (χ0) is 19.4. The molecule has 0 spiro atoms. The number of pyridine rings is 1. The number of aromatic nitrogens is 3. The van der Waals surface area contributed by atoms with Crippen LogP contribution in [0.3, 0.4) is 0 Å². The van der Waals surface area contributed by atoms with Crippen molar-refractivity contribution < 1.29 is 14.6 Å². The van der Waals surface area contributed by atoms with Crippen LogP contribution in [0.2, 0.25) is 0 Å². The molecule has 0 aliphatic rings. The highest BCUT2D eigenvalue weighted by Gasteiger charge is 2.13. The van der Waals surface area contributed by atoms with Gasteiger partial charge in [-0.3, -0.25) is 0 Å². The number of hydrogen-bond donors (Lipinski definition) is 1. The van der Waals surface area contributed by atoms with Gasteiger partial charge in [0.05, 0.1) is 24.9 Å². The minimum absolute atomic E-state index is 0.152. The van der Waals surface area contributed by atoms with Crippen LogP contribution in [0, 0.1) is 5.92 Å². The van der Waals surface area contributed by atoms with Gasteiger partial charge in [-0.2, -0.15) is 5.10 Å². The fraction of sp³-hybridized carbons (Fsp3) is 0.350. The lowest BCUT2D eigenvalue weighted by molar-refractivity contribution is 0.0696. The van der Waals surface area contributed by atoms with Crippen LogP contribution in [0.4, 0.5) is 0 Å². The molecule has 3 rings (SSSR count). The van der Waals surface area contributed by atoms with E-state index >= 15 is 0 Å². The molecule has 0 amide bonds. The molecule has 3 aromatic rings. The maximum atomic E-state index is 11.1. The van der Waals surface area contributed by atoms with E-state index in [0.29, 0.717) is 30.1 Å². The van der Waals surface area contributed by atoms with Crippen LogP contribution in [0.25, 0.3) is 11.0 Å². The summed E-state index contributed by atoms with van der Waals surface area (Å²) in [6.07, 6.45) is 5.16. The lowest BCUT2D eigenvalue weighted by Crippen LogP contribution is -2.12. The van der Waals surface area contributed by atoms with Crippen molar-refractivity contribution in [3.05, 3.63) is 52.3 Å². The zero-order valence-corrected chi connectivity index (χ0v) is 16.9. The van der Waals surface area contributed by atoms with Gasteiger partial charge in [-0.05, 0) is 30.2 Å². The molecule has 27 heavy (non-hydrogen) atoms. The van der Waals surface area contributed by atoms with Crippen LogP contribution in [0.5, 0.6) is 5.75 Å². The summed E-state index contributed by atoms with van der Waals surface area (Å²) in [6.45, 7) is 5.52. The average molecular weight is 432 g/mol. The Kier molecular flexibility index (Phi) is 6.11. The van der Waals surface area contributed by atoms with Gasteiger partial charge in [-0.15, -0.1) is 0 Å². The third kappa shape index (κ3) is 4.47. The SMILES string of the molecule is CCC(CC)COc1ccc(Br)cc1Cn1ncc2cc(C(=O)O)cnc21. The molecule has 2 aromatic heterocycles. The Morgan fingerprint density at radius 1 is 1.26 bits per heavy atom. The first kappa shape index (κ1) is 19.4. The quantitative estimate of drug-likeness (QED) is 0.556. The first-order valence-electron chi connectivity index (χ1n) is 8.97. The number of rotatable bonds is 8. The highest BCUT2D eigenvalue weighted by atomic mass is 79.9. The number of halogens is 1. The minimum Gasteiger partial charge on any atom is -0.493 e. The van der Waals surface area contributed by atoms with E-state index in [9.17, 15) is 4.79 Å². The molecule has 2 heterocycles. The summed E-state index contributed by atoms with van der Waals surface area (Å²) in [5.41, 5.74) is 1.79. The molecule has 1 N–H and O–H groups in total. The molecule has 0 fully saturated rings. The zero-order valence-electron chi connectivity index (χ0n) is 15.4. The van der Waals surface area contributed by atoms with Gasteiger partial charge in [0.2, 0.25) is 0 Å². The molecule has 7 heteroatoms. The molecule has 0 atom stereocenters. The van der Waals surface area contributed by atoms with Gasteiger partial charge < -0.3 is 9.84 Å². The van der Waals surface area contributed by atoms with Gasteiger partial charge in [0, 0.05) is 21.6 Å². The van der Waals surface area contributed by atoms with E-state index in [0.717, 1.165) is 28.6 Å². The topological polar surface area (TPSA) is 77.2 Å². The predicted octanol–water partition coefficient (Wildman–Crippen LogP) is 4.76. The Bertz CT molecular complexity index is 951. The van der Waals surface area contributed by atoms with E-state index in [1.807, 2.05) is 18.2 Å². The number of aromatic carboxylic acids is 1. The summed E-state index contributed by atoms with van der Waals surface area (Å²) in [4.78, 5) is 15.4. The van der Waals surface area contributed by atoms with Crippen molar-refractivity contribution in [2.24, 2.45) is 5.92 Å². The second-order valence-electron chi connectivity index (χ2n) is 6.49. The summed E-state index contributed by atoms with van der Waals surface area (Å²) in [5.74, 6) is 0.361. The number of fused-ring (bicyclic) bond motifs is 1. The van der Waals surface area contributed by atoms with Crippen molar-refractivity contribution in [2.75, 3.05) is 6.61 Å². The molecular weight excluding hydrogens is 410 g/mol. The predicted molar refractivity (Wildman–Crippen MR) is 107 cm³/mol. The normalized spacial score (nSPS) is 11.3. The van der Waals surface area contributed by atoms with Crippen LogP contribution in [0.15, 0.2) is 41.1 Å². The average Bonchev–Trinajstić information content (AvgIpc) is 3.06. The van der Waals surface area contributed by atoms with Crippen LogP contribution < -0.4 is 4.74 Å². The van der Waals surface area contributed by atoms with Crippen LogP contribution >= 0.6 is 15.9 Å². The number of carbonyl (C=O) groups is 1. The van der Waals surface area contributed by atoms with Crippen molar-refractivity contribution in [3.8, 4) is 5.75 Å². The first-order chi connectivity index (χ1) is 13.0. The maximum absolute atomic E-state index is 11.1. The lowest BCUT2D eigenvalue weighted by atomic mass is 10.1. The summed E-state index contributed by atoms with van der Waals surface area (Å²) >= 11 is 3.52. The van der Waals surface area contributed by atoms with Crippen LogP contribution in [0.1, 0.15) is 42.6 Å². The Labute approximate surface area is 166 Å². The van der Waals surface area contributed by atoms with Crippen molar-refractivity contribution in [1.29, 1.82) is 0 Å². The fourth-order valence-electron chi connectivity index (χ4n) is 2.91. The summed E-state index contributed by atoms with van der Waals surface area (Å²) < 4.78 is 8.81. The monoisotopic (exact) mass is 431 g/mol. The highest BCUT2D eigenvalue weighted by Crippen LogP contribution is 2.26. The maximum Gasteiger partial charge on any atom is 0.337 e. The molecule has 1 aromatic carbocycles. The summed E-state index contributed by atoms with van der Waals surface area (Å²) in [7, 11) is 0. The number of carboxylic acid groups (broad SMARTS) is 1. The Morgan fingerprint density at radius 2 is 2.04 bits per heavy atom. The molecule has 6 nitrogen and oxygen atoms in total. The van der Waals surface area contributed by atoms with Gasteiger partial charge in [0.1, 0.15) is 5.75 Å². The van der Waals surface area contributed by atoms with E-state index in [1.165, 1.54) is 6.20 Å². The van der Waals surface area contributed by atoms with Gasteiger partial charge in [-0.1, -0.05) is 42.6 Å². The van der Waals surface area contributed by atoms with Crippen molar-refractivity contribution in [2.45, 2.75) is 33.2 Å². The second-order valence-corrected chi connectivity index (χ2v) is 7.41. The van der Waals surface area contributed by atoms with E-state index in [2.05, 4.69) is 39.9 Å². The molecule has 0 saturated heterocycles. The third-order valence-electron chi connectivity index (χ3n) is 4.69. The standard InChI is InChI=1S/C20H22BrN3O3/c1-3-13(4-2)12-27-18-6-5-17(21)8-16(18)11-24-19-14(10-23-24)7-15(9-22-19)20(25)26/h5-10,13H,3-4,11-12H2,1-2H3,(H,25,26). The van der Waals surface area contributed by atoms with E-state index < -0.39 is 5.97 Å². The Morgan fingerprint density at radius 3 is 2.74 bits per heavy atom. The van der Waals surface area contributed by atoms with Gasteiger partial charge in [0.15, 0.2) is 5.65 Å². The van der Waals surface area contributed by atoms with Crippen molar-refractivity contribution in [3.63, 3.8) is 0 Å². The first-order valence-corrected chi connectivity index (χ1v) is 9.77. The molecule has 0 unspecified atom stereocenters. The fourth-order valence-corrected chi connectivity index (χ4v) is 3.32. The summed E-state index contributed by atoms with van der Waals surface area (Å²) in [6, 6.07) is 7.52. The van der Waals surface area contributed by atoms with Gasteiger partial charge in [-0.25, -0.2) is 14.5 Å². The number of ether oxygens (including phenoxy) is 1. The molecule has 0 aliphatic carbocycles. The van der Waals surface area contributed by atoms with Crippen LogP contribution in [-0.4, -0.2) is 32.4 Å². The molecule has 142 valence electrons. The van der Waals surface area contributed by atoms with Gasteiger partial charge in [0.25, 0.3) is 0 Å². The molecule has 0 bridgehead atoms. The van der Waals surface area contributed by atoms with E-state index in [4.69, 9.17) is 9.84 Å². The Hall–Kier alpha value is -2.41. The smallest absolute Gasteiger partial charge is 0.337 e. The van der Waals surface area contributed by atoms with E-state index in [1.54, 1.807) is 16.9 Å². The number of nitrogens with zero attached hydrogens (tertiary/aromatic N) is 3. The minimum atomic E-state index is -0.999. The Balaban J connectivity index is 1.87. The lowest BCUT2D eigenvalue weighted by Gasteiger charge is -2.17. The second kappa shape index (κ2) is 8.52. The highest BCUT2D eigenvalue weighted by molar-refractivity contribution is 9.10. The summed E-state index contributed by atoms with van der Waals surface area (Å²) in [5, 5.41) is 14.2.